The first kappa shape index (κ1) is 9.73. The van der Waals surface area contributed by atoms with Gasteiger partial charge in [0, 0.05) is 12.3 Å². The summed E-state index contributed by atoms with van der Waals surface area (Å²) in [6.07, 6.45) is 2.12. The first-order chi connectivity index (χ1) is 6.08. The number of rotatable bonds is 3. The van der Waals surface area contributed by atoms with Gasteiger partial charge in [0.25, 0.3) is 0 Å². The van der Waals surface area contributed by atoms with Crippen LogP contribution in [0.4, 0.5) is 0 Å². The van der Waals surface area contributed by atoms with E-state index in [0.29, 0.717) is 0 Å². The second kappa shape index (κ2) is 3.57. The van der Waals surface area contributed by atoms with Crippen LogP contribution in [0.15, 0.2) is 12.3 Å². The van der Waals surface area contributed by atoms with Gasteiger partial charge in [0.05, 0.1) is 6.61 Å². The molecule has 2 N–H and O–H groups in total. The molecule has 0 bridgehead atoms. The highest BCUT2D eigenvalue weighted by Crippen LogP contribution is 2.14. The van der Waals surface area contributed by atoms with Crippen molar-refractivity contribution < 1.29 is 19.4 Å². The Balaban J connectivity index is 2.53. The maximum Gasteiger partial charge on any atom is 0.311 e. The van der Waals surface area contributed by atoms with Gasteiger partial charge in [-0.25, -0.2) is 0 Å². The molecule has 1 heterocycles. The molecule has 0 aliphatic carbocycles. The maximum absolute atomic E-state index is 11.0. The lowest BCUT2D eigenvalue weighted by atomic mass is 10.1. The number of hydrogen-bond donors (Lipinski definition) is 2. The van der Waals surface area contributed by atoms with E-state index in [1.165, 1.54) is 12.3 Å². The van der Waals surface area contributed by atoms with E-state index >= 15 is 0 Å². The van der Waals surface area contributed by atoms with Crippen LogP contribution in [-0.4, -0.2) is 29.2 Å². The van der Waals surface area contributed by atoms with Crippen molar-refractivity contribution in [1.29, 1.82) is 0 Å². The summed E-state index contributed by atoms with van der Waals surface area (Å²) in [5, 5.41) is 11.9. The molecule has 0 saturated carbocycles. The lowest BCUT2D eigenvalue weighted by Gasteiger charge is -2.19. The zero-order valence-electron chi connectivity index (χ0n) is 7.24. The molecule has 13 heavy (non-hydrogen) atoms. The Bertz CT molecular complexity index is 261. The van der Waals surface area contributed by atoms with Gasteiger partial charge in [0.2, 0.25) is 11.5 Å². The molecule has 0 aromatic heterocycles. The van der Waals surface area contributed by atoms with Crippen molar-refractivity contribution in [3.8, 4) is 0 Å². The molecule has 5 heteroatoms. The Labute approximate surface area is 75.4 Å². The highest BCUT2D eigenvalue weighted by atomic mass is 16.5. The van der Waals surface area contributed by atoms with E-state index in [4.69, 9.17) is 0 Å². The van der Waals surface area contributed by atoms with Gasteiger partial charge >= 0.3 is 5.97 Å². The molecule has 1 unspecified atom stereocenters. The highest BCUT2D eigenvalue weighted by Gasteiger charge is 2.39. The Morgan fingerprint density at radius 1 is 1.77 bits per heavy atom. The first-order valence-electron chi connectivity index (χ1n) is 3.95. The zero-order chi connectivity index (χ0) is 9.90. The second-order valence-electron chi connectivity index (χ2n) is 2.68. The van der Waals surface area contributed by atoms with Crippen LogP contribution in [0.2, 0.25) is 0 Å². The number of nitrogens with one attached hydrogen (secondary N) is 1. The van der Waals surface area contributed by atoms with E-state index in [9.17, 15) is 14.7 Å². The van der Waals surface area contributed by atoms with Crippen LogP contribution >= 0.6 is 0 Å². The number of hydrogen-bond acceptors (Lipinski definition) is 5. The summed E-state index contributed by atoms with van der Waals surface area (Å²) in [6, 6.07) is 0. The van der Waals surface area contributed by atoms with Crippen LogP contribution in [0.5, 0.6) is 0 Å². The third-order valence-corrected chi connectivity index (χ3v) is 1.67. The van der Waals surface area contributed by atoms with Crippen molar-refractivity contribution in [2.24, 2.45) is 0 Å². The number of esters is 1. The van der Waals surface area contributed by atoms with Gasteiger partial charge < -0.3 is 15.2 Å². The molecule has 1 aliphatic heterocycles. The van der Waals surface area contributed by atoms with Gasteiger partial charge in [0.15, 0.2) is 0 Å². The van der Waals surface area contributed by atoms with Crippen molar-refractivity contribution in [2.75, 3.05) is 6.61 Å². The summed E-state index contributed by atoms with van der Waals surface area (Å²) in [7, 11) is 0. The SMILES string of the molecule is CCOC(=O)CC1(O)NC=CC1=O. The average Bonchev–Trinajstić information content (AvgIpc) is 2.32. The average molecular weight is 185 g/mol. The molecule has 0 aromatic carbocycles. The van der Waals surface area contributed by atoms with Crippen molar-refractivity contribution in [3.63, 3.8) is 0 Å². The third kappa shape index (κ3) is 2.06. The van der Waals surface area contributed by atoms with E-state index < -0.39 is 17.5 Å². The van der Waals surface area contributed by atoms with Crippen molar-refractivity contribution in [2.45, 2.75) is 19.1 Å². The molecule has 5 nitrogen and oxygen atoms in total. The van der Waals surface area contributed by atoms with Crippen molar-refractivity contribution in [1.82, 2.24) is 5.32 Å². The van der Waals surface area contributed by atoms with Gasteiger partial charge in [-0.15, -0.1) is 0 Å². The van der Waals surface area contributed by atoms with Gasteiger partial charge in [0.1, 0.15) is 6.42 Å². The van der Waals surface area contributed by atoms with Crippen LogP contribution in [0.3, 0.4) is 0 Å². The van der Waals surface area contributed by atoms with Crippen LogP contribution in [0.1, 0.15) is 13.3 Å². The van der Waals surface area contributed by atoms with Crippen LogP contribution in [-0.2, 0) is 14.3 Å². The normalized spacial score (nSPS) is 25.8. The van der Waals surface area contributed by atoms with Gasteiger partial charge in [-0.05, 0) is 6.92 Å². The van der Waals surface area contributed by atoms with E-state index in [2.05, 4.69) is 10.1 Å². The topological polar surface area (TPSA) is 75.6 Å². The lowest BCUT2D eigenvalue weighted by Crippen LogP contribution is -2.47. The van der Waals surface area contributed by atoms with Gasteiger partial charge in [-0.3, -0.25) is 9.59 Å². The summed E-state index contributed by atoms with van der Waals surface area (Å²) in [5.41, 5.74) is -1.80. The molecule has 0 fully saturated rings. The molecular weight excluding hydrogens is 174 g/mol. The van der Waals surface area contributed by atoms with Crippen LogP contribution in [0.25, 0.3) is 0 Å². The minimum Gasteiger partial charge on any atom is -0.466 e. The predicted molar refractivity (Wildman–Crippen MR) is 43.5 cm³/mol. The number of aliphatic hydroxyl groups is 1. The Morgan fingerprint density at radius 3 is 2.92 bits per heavy atom. The fraction of sp³-hybridized carbons (Fsp3) is 0.500. The van der Waals surface area contributed by atoms with Crippen LogP contribution in [0, 0.1) is 0 Å². The summed E-state index contributed by atoms with van der Waals surface area (Å²) < 4.78 is 4.60. The monoisotopic (exact) mass is 185 g/mol. The fourth-order valence-electron chi connectivity index (χ4n) is 1.02. The molecule has 0 aromatic rings. The molecule has 1 rings (SSSR count). The number of ketones is 1. The summed E-state index contributed by atoms with van der Waals surface area (Å²) >= 11 is 0. The molecule has 0 spiro atoms. The number of carbonyl (C=O) groups excluding carboxylic acids is 2. The van der Waals surface area contributed by atoms with E-state index in [0.717, 1.165) is 0 Å². The van der Waals surface area contributed by atoms with Gasteiger partial charge in [-0.2, -0.15) is 0 Å². The highest BCUT2D eigenvalue weighted by molar-refractivity contribution is 6.00. The molecular formula is C8H11NO4. The molecule has 1 atom stereocenters. The summed E-state index contributed by atoms with van der Waals surface area (Å²) in [6.45, 7) is 1.89. The third-order valence-electron chi connectivity index (χ3n) is 1.67. The van der Waals surface area contributed by atoms with E-state index in [1.807, 2.05) is 0 Å². The van der Waals surface area contributed by atoms with Crippen molar-refractivity contribution >= 4 is 11.8 Å². The molecule has 0 radical (unpaired) electrons. The minimum atomic E-state index is -1.80. The lowest BCUT2D eigenvalue weighted by molar-refractivity contribution is -0.154. The first-order valence-corrected chi connectivity index (χ1v) is 3.95. The maximum atomic E-state index is 11.0. The van der Waals surface area contributed by atoms with Crippen molar-refractivity contribution in [3.05, 3.63) is 12.3 Å². The second-order valence-corrected chi connectivity index (χ2v) is 2.68. The van der Waals surface area contributed by atoms with E-state index in [1.54, 1.807) is 6.92 Å². The quantitative estimate of drug-likeness (QED) is 0.569. The number of carbonyl (C=O) groups is 2. The standard InChI is InChI=1S/C8H11NO4/c1-2-13-7(11)5-8(12)6(10)3-4-9-8/h3-4,9,12H,2,5H2,1H3. The summed E-state index contributed by atoms with van der Waals surface area (Å²) in [4.78, 5) is 22.0. The zero-order valence-corrected chi connectivity index (χ0v) is 7.24. The van der Waals surface area contributed by atoms with Crippen LogP contribution < -0.4 is 5.32 Å². The molecule has 72 valence electrons. The van der Waals surface area contributed by atoms with E-state index in [-0.39, 0.29) is 13.0 Å². The van der Waals surface area contributed by atoms with Gasteiger partial charge in [-0.1, -0.05) is 0 Å². The molecule has 1 aliphatic rings. The Morgan fingerprint density at radius 2 is 2.46 bits per heavy atom. The smallest absolute Gasteiger partial charge is 0.311 e. The Hall–Kier alpha value is -1.36. The molecule has 0 amide bonds. The Kier molecular flexibility index (Phi) is 2.67. The largest absolute Gasteiger partial charge is 0.466 e. The molecule has 0 saturated heterocycles. The predicted octanol–water partition coefficient (Wildman–Crippen LogP) is -0.686. The number of ether oxygens (including phenoxy) is 1. The fourth-order valence-corrected chi connectivity index (χ4v) is 1.02. The summed E-state index contributed by atoms with van der Waals surface area (Å²) in [5.74, 6) is -1.13. The minimum absolute atomic E-state index is 0.233.